The van der Waals surface area contributed by atoms with Crippen molar-refractivity contribution in [3.05, 3.63) is 129 Å². The van der Waals surface area contributed by atoms with Gasteiger partial charge >= 0.3 is 272 Å². The van der Waals surface area contributed by atoms with E-state index in [-0.39, 0.29) is 5.41 Å². The zero-order valence-electron chi connectivity index (χ0n) is 28.0. The van der Waals surface area contributed by atoms with E-state index in [1.807, 2.05) is 0 Å². The van der Waals surface area contributed by atoms with Crippen molar-refractivity contribution in [3.63, 3.8) is 0 Å². The molecule has 0 amide bonds. The molecule has 1 saturated heterocycles. The van der Waals surface area contributed by atoms with E-state index in [0.29, 0.717) is 19.2 Å². The Kier molecular flexibility index (Phi) is 7.44. The number of rotatable bonds is 6. The molecule has 1 heteroatoms. The van der Waals surface area contributed by atoms with Crippen LogP contribution in [0.25, 0.3) is 34.4 Å². The van der Waals surface area contributed by atoms with Gasteiger partial charge in [-0.1, -0.05) is 0 Å². The molecule has 2 aliphatic carbocycles. The van der Waals surface area contributed by atoms with E-state index in [9.17, 15) is 0 Å². The van der Waals surface area contributed by atoms with Gasteiger partial charge in [0, 0.05) is 0 Å². The van der Waals surface area contributed by atoms with Gasteiger partial charge in [-0.25, -0.2) is 0 Å². The first-order valence-corrected chi connectivity index (χ1v) is 28.4. The van der Waals surface area contributed by atoms with Gasteiger partial charge in [0.05, 0.1) is 0 Å². The van der Waals surface area contributed by atoms with E-state index in [0.717, 1.165) is 12.8 Å². The van der Waals surface area contributed by atoms with Crippen LogP contribution in [0.3, 0.4) is 0 Å². The second-order valence-electron chi connectivity index (χ2n) is 14.9. The molecule has 4 aromatic carbocycles. The first-order valence-electron chi connectivity index (χ1n) is 17.0. The summed E-state index contributed by atoms with van der Waals surface area (Å²) in [6.45, 7) is 14.1. The van der Waals surface area contributed by atoms with Crippen molar-refractivity contribution >= 4 is 12.2 Å². The average Bonchev–Trinajstić information content (AvgIpc) is 3.63. The molecule has 3 aliphatic rings. The normalized spacial score (nSPS) is 20.6. The molecular weight excluding hydrogens is 695 g/mol. The molecule has 2 unspecified atom stereocenters. The van der Waals surface area contributed by atoms with Crippen molar-refractivity contribution in [1.82, 2.24) is 0 Å². The molecule has 0 saturated carbocycles. The topological polar surface area (TPSA) is 0 Å². The summed E-state index contributed by atoms with van der Waals surface area (Å²) in [5.41, 5.74) is 18.3. The van der Waals surface area contributed by atoms with Crippen LogP contribution >= 0.6 is 0 Å². The Morgan fingerprint density at radius 1 is 0.591 bits per heavy atom. The molecule has 224 valence electrons. The van der Waals surface area contributed by atoms with Gasteiger partial charge in [-0.05, 0) is 0 Å². The minimum absolute atomic E-state index is 0.108. The molecule has 1 heterocycles. The Hall–Kier alpha value is -2.77. The fourth-order valence-electron chi connectivity index (χ4n) is 9.27. The van der Waals surface area contributed by atoms with Gasteiger partial charge in [0.15, 0.2) is 0 Å². The molecule has 44 heavy (non-hydrogen) atoms. The predicted molar refractivity (Wildman–Crippen MR) is 188 cm³/mol. The van der Waals surface area contributed by atoms with Crippen LogP contribution in [-0.2, 0) is 20.0 Å². The molecule has 0 aromatic heterocycles. The van der Waals surface area contributed by atoms with Gasteiger partial charge in [-0.15, -0.1) is 0 Å². The van der Waals surface area contributed by atoms with Crippen LogP contribution in [0.4, 0.5) is 0 Å². The van der Waals surface area contributed by atoms with E-state index in [1.165, 1.54) is 44.5 Å². The number of fused-ring (bicyclic) bond motifs is 6. The molecular formula is C43H48Hf. The zero-order chi connectivity index (χ0) is 31.0. The summed E-state index contributed by atoms with van der Waals surface area (Å²) in [7, 11) is 0. The predicted octanol–water partition coefficient (Wildman–Crippen LogP) is 12.9. The van der Waals surface area contributed by atoms with Crippen LogP contribution in [0, 0.1) is 5.41 Å². The fraction of sp³-hybridized carbons (Fsp3) is 0.349. The van der Waals surface area contributed by atoms with Crippen LogP contribution in [0.5, 0.6) is 0 Å². The Balaban J connectivity index is 1.43. The SMILES string of the molecule is CCC1(CC)C2=Cc3c(-c4cccc(C(C)C)c4)cccc3[CH]2[Hf]([CH3])([CH3])[CH]2C1=Cc1c(-c3cccc(C(C)C)c3)cccc12. The molecule has 4 aromatic rings. The van der Waals surface area contributed by atoms with E-state index in [4.69, 9.17) is 0 Å². The van der Waals surface area contributed by atoms with Crippen molar-refractivity contribution in [2.24, 2.45) is 5.41 Å². The molecule has 0 radical (unpaired) electrons. The Labute approximate surface area is 270 Å². The van der Waals surface area contributed by atoms with Crippen LogP contribution in [0.2, 0.25) is 9.36 Å². The van der Waals surface area contributed by atoms with Crippen molar-refractivity contribution < 1.29 is 20.0 Å². The summed E-state index contributed by atoms with van der Waals surface area (Å²) in [5.74, 6) is 1.06. The maximum absolute atomic E-state index is 3.09. The molecule has 1 fully saturated rings. The van der Waals surface area contributed by atoms with Gasteiger partial charge in [-0.2, -0.15) is 0 Å². The number of allylic oxidation sites excluding steroid dienone is 2. The first-order chi connectivity index (χ1) is 21.1. The van der Waals surface area contributed by atoms with E-state index >= 15 is 0 Å². The van der Waals surface area contributed by atoms with Crippen LogP contribution in [0.1, 0.15) is 107 Å². The van der Waals surface area contributed by atoms with Crippen molar-refractivity contribution in [3.8, 4) is 22.3 Å². The Morgan fingerprint density at radius 3 is 1.39 bits per heavy atom. The minimum atomic E-state index is -3.09. The third kappa shape index (κ3) is 4.32. The molecule has 0 bridgehead atoms. The monoisotopic (exact) mass is 744 g/mol. The van der Waals surface area contributed by atoms with Gasteiger partial charge in [0.25, 0.3) is 0 Å². The molecule has 0 spiro atoms. The summed E-state index contributed by atoms with van der Waals surface area (Å²) >= 11 is -3.09. The van der Waals surface area contributed by atoms with Crippen molar-refractivity contribution in [2.75, 3.05) is 0 Å². The van der Waals surface area contributed by atoms with Gasteiger partial charge in [-0.3, -0.25) is 0 Å². The van der Waals surface area contributed by atoms with Crippen molar-refractivity contribution in [1.29, 1.82) is 0 Å². The molecule has 2 atom stereocenters. The second kappa shape index (κ2) is 10.9. The molecule has 1 aliphatic heterocycles. The second-order valence-corrected chi connectivity index (χ2v) is 32.1. The van der Waals surface area contributed by atoms with Crippen LogP contribution < -0.4 is 0 Å². The maximum atomic E-state index is 2.78. The zero-order valence-corrected chi connectivity index (χ0v) is 31.6. The van der Waals surface area contributed by atoms with E-state index < -0.39 is 20.0 Å². The standard InChI is InChI=1S/C41H42.2CH3.Hf/c1-7-41(8-2,35-23-33-17-11-19-37(39(33)25-35)31-15-9-13-29(21-31)27(3)4)36-24-34-18-12-20-38(40(34)26-36)32-16-10-14-30(22-32)28(5)6;;;/h9-28H,7-8H2,1-6H3;2*1H3;. The van der Waals surface area contributed by atoms with E-state index in [2.05, 4.69) is 148 Å². The summed E-state index contributed by atoms with van der Waals surface area (Å²) in [4.78, 5) is 0. The third-order valence-corrected chi connectivity index (χ3v) is 26.8. The van der Waals surface area contributed by atoms with Crippen molar-refractivity contribution in [2.45, 2.75) is 82.9 Å². The van der Waals surface area contributed by atoms with Crippen LogP contribution in [0.15, 0.2) is 96.1 Å². The summed E-state index contributed by atoms with van der Waals surface area (Å²) in [5, 5.41) is 0. The number of benzene rings is 4. The number of hydrogen-bond acceptors (Lipinski definition) is 0. The van der Waals surface area contributed by atoms with Crippen LogP contribution in [-0.4, -0.2) is 0 Å². The first kappa shape index (κ1) is 29.9. The Bertz CT molecular complexity index is 1690. The van der Waals surface area contributed by atoms with Gasteiger partial charge in [0.1, 0.15) is 0 Å². The van der Waals surface area contributed by atoms with Gasteiger partial charge in [0.2, 0.25) is 0 Å². The Morgan fingerprint density at radius 2 is 1.00 bits per heavy atom. The summed E-state index contributed by atoms with van der Waals surface area (Å²) in [6, 6.07) is 33.1. The molecule has 7 rings (SSSR count). The fourth-order valence-corrected chi connectivity index (χ4v) is 26.4. The number of hydrogen-bond donors (Lipinski definition) is 0. The third-order valence-electron chi connectivity index (χ3n) is 11.7. The molecule has 0 N–H and O–H groups in total. The summed E-state index contributed by atoms with van der Waals surface area (Å²) in [6.07, 6.45) is 7.71. The van der Waals surface area contributed by atoms with E-state index in [1.54, 1.807) is 22.3 Å². The summed E-state index contributed by atoms with van der Waals surface area (Å²) < 4.78 is 6.79. The van der Waals surface area contributed by atoms with Gasteiger partial charge < -0.3 is 0 Å². The quantitative estimate of drug-likeness (QED) is 0.173. The average molecular weight is 743 g/mol. The molecule has 0 nitrogen and oxygen atoms in total.